The Morgan fingerprint density at radius 1 is 1.16 bits per heavy atom. The van der Waals surface area contributed by atoms with E-state index in [1.807, 2.05) is 24.3 Å². The van der Waals surface area contributed by atoms with E-state index in [9.17, 15) is 9.18 Å². The van der Waals surface area contributed by atoms with Crippen molar-refractivity contribution in [2.45, 2.75) is 5.21 Å². The van der Waals surface area contributed by atoms with E-state index < -0.39 is 0 Å². The second kappa shape index (κ2) is 6.53. The average molecular weight is 319 g/mol. The molecule has 0 aliphatic carbocycles. The van der Waals surface area contributed by atoms with Crippen LogP contribution in [0.4, 0.5) is 4.39 Å². The summed E-state index contributed by atoms with van der Waals surface area (Å²) in [6, 6.07) is 14.1. The second-order valence-electron chi connectivity index (χ2n) is 3.96. The van der Waals surface area contributed by atoms with E-state index in [0.29, 0.717) is 5.56 Å². The van der Waals surface area contributed by atoms with Crippen LogP contribution in [0.5, 0.6) is 0 Å². The predicted molar refractivity (Wildman–Crippen MR) is 73.3 cm³/mol. The number of rotatable bonds is 4. The van der Waals surface area contributed by atoms with Gasteiger partial charge in [0.05, 0.1) is 0 Å². The molecule has 0 spiro atoms. The molecule has 1 radical (unpaired) electrons. The van der Waals surface area contributed by atoms with Crippen LogP contribution < -0.4 is 4.35 Å². The molecule has 0 unspecified atom stereocenters. The van der Waals surface area contributed by atoms with E-state index in [1.54, 1.807) is 18.2 Å². The van der Waals surface area contributed by atoms with E-state index in [4.69, 9.17) is 0 Å². The molecular formula is C15H13AsFO2. The molecule has 19 heavy (non-hydrogen) atoms. The van der Waals surface area contributed by atoms with Crippen molar-refractivity contribution in [1.29, 1.82) is 0 Å². The van der Waals surface area contributed by atoms with E-state index in [2.05, 4.69) is 4.74 Å². The minimum absolute atomic E-state index is 0.131. The number of hydrogen-bond acceptors (Lipinski definition) is 2. The van der Waals surface area contributed by atoms with E-state index in [1.165, 1.54) is 13.2 Å². The SMILES string of the molecule is COC(=O)c1ccc(C[As]c2ccccc2F)cc1. The normalized spacial score (nSPS) is 10.8. The first-order chi connectivity index (χ1) is 9.20. The Morgan fingerprint density at radius 2 is 1.84 bits per heavy atom. The molecule has 2 aromatic rings. The predicted octanol–water partition coefficient (Wildman–Crippen LogP) is 2.14. The molecular weight excluding hydrogens is 306 g/mol. The zero-order valence-electron chi connectivity index (χ0n) is 10.5. The van der Waals surface area contributed by atoms with Gasteiger partial charge in [0.2, 0.25) is 0 Å². The summed E-state index contributed by atoms with van der Waals surface area (Å²) in [6.45, 7) is 0. The second-order valence-corrected chi connectivity index (χ2v) is 6.29. The molecule has 0 N–H and O–H groups in total. The van der Waals surface area contributed by atoms with Gasteiger partial charge in [-0.2, -0.15) is 0 Å². The summed E-state index contributed by atoms with van der Waals surface area (Å²) < 4.78 is 18.9. The number of ether oxygens (including phenoxy) is 1. The number of carbonyl (C=O) groups excluding carboxylic acids is 1. The van der Waals surface area contributed by atoms with Gasteiger partial charge in [-0.05, 0) is 0 Å². The average Bonchev–Trinajstić information content (AvgIpc) is 2.46. The van der Waals surface area contributed by atoms with Gasteiger partial charge in [-0.1, -0.05) is 0 Å². The van der Waals surface area contributed by atoms with Crippen molar-refractivity contribution in [3.63, 3.8) is 0 Å². The van der Waals surface area contributed by atoms with E-state index >= 15 is 0 Å². The van der Waals surface area contributed by atoms with Crippen LogP contribution in [0.2, 0.25) is 0 Å². The Balaban J connectivity index is 2.01. The maximum absolute atomic E-state index is 13.5. The first-order valence-electron chi connectivity index (χ1n) is 5.80. The molecule has 97 valence electrons. The number of benzene rings is 2. The van der Waals surface area contributed by atoms with Crippen molar-refractivity contribution >= 4 is 26.1 Å². The van der Waals surface area contributed by atoms with Crippen molar-refractivity contribution in [2.75, 3.05) is 7.11 Å². The van der Waals surface area contributed by atoms with Gasteiger partial charge in [-0.15, -0.1) is 0 Å². The van der Waals surface area contributed by atoms with Crippen molar-refractivity contribution in [2.24, 2.45) is 0 Å². The first-order valence-corrected chi connectivity index (χ1v) is 8.06. The molecule has 0 saturated carbocycles. The summed E-state index contributed by atoms with van der Waals surface area (Å²) in [5.41, 5.74) is 1.64. The molecule has 0 fully saturated rings. The number of esters is 1. The molecule has 0 aliphatic heterocycles. The molecule has 0 saturated heterocycles. The molecule has 4 heteroatoms. The van der Waals surface area contributed by atoms with Gasteiger partial charge in [-0.3, -0.25) is 0 Å². The minimum atomic E-state index is -0.339. The summed E-state index contributed by atoms with van der Waals surface area (Å²) in [7, 11) is 1.36. The Labute approximate surface area is 118 Å². The molecule has 0 aromatic heterocycles. The summed E-state index contributed by atoms with van der Waals surface area (Å²) in [6.07, 6.45) is 0. The van der Waals surface area contributed by atoms with Crippen molar-refractivity contribution in [3.8, 4) is 0 Å². The summed E-state index contributed by atoms with van der Waals surface area (Å²) in [5.74, 6) is -0.470. The summed E-state index contributed by atoms with van der Waals surface area (Å²) in [5, 5.41) is 0.832. The molecule has 0 aliphatic rings. The number of carbonyl (C=O) groups is 1. The zero-order valence-corrected chi connectivity index (χ0v) is 12.3. The standard InChI is InChI=1S/C15H13AsFO2/c1-19-15(18)12-8-6-11(7-9-12)10-16-13-4-2-3-5-14(13)17/h2-9H,10H2,1H3. The van der Waals surface area contributed by atoms with Crippen LogP contribution >= 0.6 is 0 Å². The Hall–Kier alpha value is -1.60. The number of methoxy groups -OCH3 is 1. The van der Waals surface area contributed by atoms with Crippen LogP contribution in [0, 0.1) is 5.82 Å². The zero-order chi connectivity index (χ0) is 13.7. The number of hydrogen-bond donors (Lipinski definition) is 0. The van der Waals surface area contributed by atoms with Crippen LogP contribution in [-0.4, -0.2) is 28.8 Å². The van der Waals surface area contributed by atoms with Gasteiger partial charge < -0.3 is 0 Å². The van der Waals surface area contributed by atoms with Gasteiger partial charge in [0.1, 0.15) is 0 Å². The monoisotopic (exact) mass is 319 g/mol. The van der Waals surface area contributed by atoms with Gasteiger partial charge in [0, 0.05) is 0 Å². The Kier molecular flexibility index (Phi) is 4.75. The molecule has 2 nitrogen and oxygen atoms in total. The first kappa shape index (κ1) is 13.8. The summed E-state index contributed by atoms with van der Waals surface area (Å²) in [4.78, 5) is 11.3. The van der Waals surface area contributed by atoms with Gasteiger partial charge in [0.25, 0.3) is 0 Å². The third-order valence-electron chi connectivity index (χ3n) is 2.66. The van der Waals surface area contributed by atoms with Crippen LogP contribution in [0.15, 0.2) is 48.5 Å². The Bertz CT molecular complexity index is 567. The van der Waals surface area contributed by atoms with E-state index in [0.717, 1.165) is 15.1 Å². The van der Waals surface area contributed by atoms with Crippen LogP contribution in [0.1, 0.15) is 15.9 Å². The molecule has 0 bridgehead atoms. The summed E-state index contributed by atoms with van der Waals surface area (Å²) >= 11 is -0.241. The molecule has 0 amide bonds. The molecule has 2 aromatic carbocycles. The fraction of sp³-hybridized carbons (Fsp3) is 0.133. The third kappa shape index (κ3) is 3.68. The number of halogens is 1. The molecule has 2 rings (SSSR count). The fourth-order valence-corrected chi connectivity index (χ4v) is 3.68. The molecule has 0 heterocycles. The quantitative estimate of drug-likeness (QED) is 0.638. The van der Waals surface area contributed by atoms with Crippen molar-refractivity contribution in [3.05, 3.63) is 65.5 Å². The van der Waals surface area contributed by atoms with Crippen LogP contribution in [0.25, 0.3) is 0 Å². The van der Waals surface area contributed by atoms with Crippen molar-refractivity contribution < 1.29 is 13.9 Å². The van der Waals surface area contributed by atoms with Gasteiger partial charge in [-0.25, -0.2) is 0 Å². The Morgan fingerprint density at radius 3 is 2.47 bits per heavy atom. The topological polar surface area (TPSA) is 26.3 Å². The molecule has 0 atom stereocenters. The maximum atomic E-state index is 13.5. The van der Waals surface area contributed by atoms with Crippen LogP contribution in [0.3, 0.4) is 0 Å². The third-order valence-corrected chi connectivity index (χ3v) is 5.23. The van der Waals surface area contributed by atoms with Gasteiger partial charge >= 0.3 is 118 Å². The fourth-order valence-electron chi connectivity index (χ4n) is 1.62. The van der Waals surface area contributed by atoms with Crippen LogP contribution in [-0.2, 0) is 9.95 Å². The van der Waals surface area contributed by atoms with Crippen molar-refractivity contribution in [1.82, 2.24) is 0 Å². The van der Waals surface area contributed by atoms with Gasteiger partial charge in [0.15, 0.2) is 0 Å². The van der Waals surface area contributed by atoms with E-state index in [-0.39, 0.29) is 27.5 Å².